The SMILES string of the molecule is COc1cc2c(NC(C)c3cc([N+](=O)[O-])cc(C(F)(F)F)c3)nc(C)nc2cc1Br. The first-order valence-electron chi connectivity index (χ1n) is 8.64. The fourth-order valence-corrected chi connectivity index (χ4v) is 3.45. The van der Waals surface area contributed by atoms with E-state index in [1.807, 2.05) is 0 Å². The first kappa shape index (κ1) is 21.8. The van der Waals surface area contributed by atoms with E-state index in [4.69, 9.17) is 4.74 Å². The molecule has 0 aliphatic heterocycles. The van der Waals surface area contributed by atoms with Crippen molar-refractivity contribution in [1.29, 1.82) is 0 Å². The van der Waals surface area contributed by atoms with Crippen LogP contribution in [0.25, 0.3) is 10.9 Å². The van der Waals surface area contributed by atoms with Gasteiger partial charge in [-0.25, -0.2) is 9.97 Å². The molecule has 30 heavy (non-hydrogen) atoms. The number of alkyl halides is 3. The Morgan fingerprint density at radius 3 is 2.50 bits per heavy atom. The molecule has 0 saturated heterocycles. The van der Waals surface area contributed by atoms with E-state index < -0.39 is 28.4 Å². The molecule has 0 fully saturated rings. The molecule has 11 heteroatoms. The lowest BCUT2D eigenvalue weighted by atomic mass is 10.0. The lowest BCUT2D eigenvalue weighted by Crippen LogP contribution is -2.12. The van der Waals surface area contributed by atoms with Crippen molar-refractivity contribution in [2.24, 2.45) is 0 Å². The Hall–Kier alpha value is -2.95. The number of hydrogen-bond donors (Lipinski definition) is 1. The quantitative estimate of drug-likeness (QED) is 0.363. The number of nitrogens with zero attached hydrogens (tertiary/aromatic N) is 3. The number of nitro groups is 1. The van der Waals surface area contributed by atoms with Crippen LogP contribution in [0.15, 0.2) is 34.8 Å². The summed E-state index contributed by atoms with van der Waals surface area (Å²) >= 11 is 3.39. The molecule has 0 aliphatic rings. The highest BCUT2D eigenvalue weighted by atomic mass is 79.9. The molecule has 3 rings (SSSR count). The Bertz CT molecular complexity index is 1140. The van der Waals surface area contributed by atoms with Crippen LogP contribution in [-0.4, -0.2) is 22.0 Å². The van der Waals surface area contributed by atoms with Crippen molar-refractivity contribution in [2.75, 3.05) is 12.4 Å². The van der Waals surface area contributed by atoms with Gasteiger partial charge in [-0.2, -0.15) is 13.2 Å². The first-order chi connectivity index (χ1) is 14.0. The second-order valence-corrected chi connectivity index (χ2v) is 7.41. The van der Waals surface area contributed by atoms with Crippen molar-refractivity contribution in [3.05, 3.63) is 61.9 Å². The van der Waals surface area contributed by atoms with E-state index in [1.54, 1.807) is 26.0 Å². The minimum absolute atomic E-state index is 0.102. The number of nitro benzene ring substituents is 1. The average molecular weight is 485 g/mol. The summed E-state index contributed by atoms with van der Waals surface area (Å²) in [6, 6.07) is 5.25. The number of rotatable bonds is 5. The van der Waals surface area contributed by atoms with E-state index in [0.717, 1.165) is 12.1 Å². The highest BCUT2D eigenvalue weighted by molar-refractivity contribution is 9.10. The predicted molar refractivity (Wildman–Crippen MR) is 109 cm³/mol. The molecule has 1 heterocycles. The molecular weight excluding hydrogens is 469 g/mol. The summed E-state index contributed by atoms with van der Waals surface area (Å²) in [6.07, 6.45) is -4.71. The Kier molecular flexibility index (Phi) is 5.84. The number of non-ortho nitro benzene ring substituents is 1. The highest BCUT2D eigenvalue weighted by Crippen LogP contribution is 2.36. The van der Waals surface area contributed by atoms with E-state index in [0.29, 0.717) is 38.8 Å². The van der Waals surface area contributed by atoms with Crippen LogP contribution in [0.2, 0.25) is 0 Å². The summed E-state index contributed by atoms with van der Waals surface area (Å²) in [5.41, 5.74) is -1.03. The van der Waals surface area contributed by atoms with Gasteiger partial charge < -0.3 is 10.1 Å². The average Bonchev–Trinajstić information content (AvgIpc) is 2.66. The third kappa shape index (κ3) is 4.45. The van der Waals surface area contributed by atoms with Gasteiger partial charge >= 0.3 is 6.18 Å². The molecule has 0 radical (unpaired) electrons. The van der Waals surface area contributed by atoms with Gasteiger partial charge in [0.25, 0.3) is 5.69 Å². The molecule has 0 bridgehead atoms. The fraction of sp³-hybridized carbons (Fsp3) is 0.263. The van der Waals surface area contributed by atoms with Crippen molar-refractivity contribution < 1.29 is 22.8 Å². The van der Waals surface area contributed by atoms with Crippen LogP contribution < -0.4 is 10.1 Å². The number of methoxy groups -OCH3 is 1. The van der Waals surface area contributed by atoms with E-state index >= 15 is 0 Å². The molecule has 3 aromatic rings. The molecule has 1 N–H and O–H groups in total. The highest BCUT2D eigenvalue weighted by Gasteiger charge is 2.33. The van der Waals surface area contributed by atoms with Gasteiger partial charge in [0.2, 0.25) is 0 Å². The third-order valence-corrected chi connectivity index (χ3v) is 5.03. The van der Waals surface area contributed by atoms with E-state index in [9.17, 15) is 23.3 Å². The second-order valence-electron chi connectivity index (χ2n) is 6.56. The van der Waals surface area contributed by atoms with Crippen LogP contribution in [0.3, 0.4) is 0 Å². The van der Waals surface area contributed by atoms with E-state index in [1.165, 1.54) is 7.11 Å². The maximum absolute atomic E-state index is 13.2. The summed E-state index contributed by atoms with van der Waals surface area (Å²) in [5, 5.41) is 14.8. The zero-order valence-electron chi connectivity index (χ0n) is 16.0. The number of benzene rings is 2. The molecule has 158 valence electrons. The number of hydrogen-bond acceptors (Lipinski definition) is 6. The zero-order valence-corrected chi connectivity index (χ0v) is 17.6. The van der Waals surface area contributed by atoms with Gasteiger partial charge in [-0.1, -0.05) is 0 Å². The number of ether oxygens (including phenoxy) is 1. The normalized spacial score (nSPS) is 12.6. The summed E-state index contributed by atoms with van der Waals surface area (Å²) < 4.78 is 45.6. The molecule has 1 atom stereocenters. The first-order valence-corrected chi connectivity index (χ1v) is 9.44. The number of nitrogens with one attached hydrogen (secondary N) is 1. The topological polar surface area (TPSA) is 90.2 Å². The van der Waals surface area contributed by atoms with Crippen LogP contribution in [0.4, 0.5) is 24.7 Å². The molecule has 1 aromatic heterocycles. The molecular formula is C19H16BrF3N4O3. The van der Waals surface area contributed by atoms with Crippen LogP contribution in [0, 0.1) is 17.0 Å². The molecule has 1 unspecified atom stereocenters. The lowest BCUT2D eigenvalue weighted by molar-refractivity contribution is -0.385. The maximum atomic E-state index is 13.2. The minimum atomic E-state index is -4.71. The zero-order chi connectivity index (χ0) is 22.2. The smallest absolute Gasteiger partial charge is 0.416 e. The maximum Gasteiger partial charge on any atom is 0.416 e. The Balaban J connectivity index is 2.08. The van der Waals surface area contributed by atoms with Gasteiger partial charge in [0.05, 0.1) is 33.6 Å². The van der Waals surface area contributed by atoms with Gasteiger partial charge in [-0.05, 0) is 53.5 Å². The number of aryl methyl sites for hydroxylation is 1. The molecule has 7 nitrogen and oxygen atoms in total. The monoisotopic (exact) mass is 484 g/mol. The summed E-state index contributed by atoms with van der Waals surface area (Å²) in [4.78, 5) is 19.0. The van der Waals surface area contributed by atoms with Gasteiger partial charge in [-0.3, -0.25) is 10.1 Å². The third-order valence-electron chi connectivity index (χ3n) is 4.41. The molecule has 0 aliphatic carbocycles. The van der Waals surface area contributed by atoms with Gasteiger partial charge in [0, 0.05) is 17.5 Å². The van der Waals surface area contributed by atoms with Crippen LogP contribution in [0.1, 0.15) is 29.9 Å². The van der Waals surface area contributed by atoms with Crippen molar-refractivity contribution >= 4 is 38.3 Å². The van der Waals surface area contributed by atoms with E-state index in [-0.39, 0.29) is 5.56 Å². The number of halogens is 4. The molecule has 0 spiro atoms. The van der Waals surface area contributed by atoms with Crippen molar-refractivity contribution in [1.82, 2.24) is 9.97 Å². The Morgan fingerprint density at radius 1 is 1.20 bits per heavy atom. The molecule has 0 saturated carbocycles. The largest absolute Gasteiger partial charge is 0.496 e. The van der Waals surface area contributed by atoms with Crippen molar-refractivity contribution in [3.63, 3.8) is 0 Å². The number of fused-ring (bicyclic) bond motifs is 1. The number of anilines is 1. The Morgan fingerprint density at radius 2 is 1.90 bits per heavy atom. The number of aromatic nitrogens is 2. The molecule has 2 aromatic carbocycles. The van der Waals surface area contributed by atoms with Gasteiger partial charge in [0.1, 0.15) is 17.4 Å². The summed E-state index contributed by atoms with van der Waals surface area (Å²) in [5.74, 6) is 1.35. The van der Waals surface area contributed by atoms with Crippen LogP contribution in [-0.2, 0) is 6.18 Å². The molecule has 0 amide bonds. The second kappa shape index (κ2) is 8.05. The van der Waals surface area contributed by atoms with E-state index in [2.05, 4.69) is 31.2 Å². The van der Waals surface area contributed by atoms with Gasteiger partial charge in [-0.15, -0.1) is 0 Å². The Labute approximate surface area is 177 Å². The fourth-order valence-electron chi connectivity index (χ4n) is 2.95. The predicted octanol–water partition coefficient (Wildman–Crippen LogP) is 5.81. The minimum Gasteiger partial charge on any atom is -0.496 e. The lowest BCUT2D eigenvalue weighted by Gasteiger charge is -2.18. The van der Waals surface area contributed by atoms with Crippen LogP contribution in [0.5, 0.6) is 5.75 Å². The summed E-state index contributed by atoms with van der Waals surface area (Å²) in [7, 11) is 1.50. The van der Waals surface area contributed by atoms with Gasteiger partial charge in [0.15, 0.2) is 0 Å². The summed E-state index contributed by atoms with van der Waals surface area (Å²) in [6.45, 7) is 3.28. The van der Waals surface area contributed by atoms with Crippen LogP contribution >= 0.6 is 15.9 Å². The van der Waals surface area contributed by atoms with Crippen molar-refractivity contribution in [3.8, 4) is 5.75 Å². The standard InChI is InChI=1S/C19H16BrF3N4O3/c1-9(11-4-12(19(21,22)23)6-13(5-11)27(28)29)24-18-14-7-17(30-3)15(20)8-16(14)25-10(2)26-18/h4-9H,1-3H3,(H,24,25,26). The van der Waals surface area contributed by atoms with Crippen molar-refractivity contribution in [2.45, 2.75) is 26.1 Å².